The Hall–Kier alpha value is -1.84. The molecule has 0 bridgehead atoms. The minimum Gasteiger partial charge on any atom is -0.356 e. The van der Waals surface area contributed by atoms with Crippen LogP contribution in [0, 0.1) is 12.8 Å². The summed E-state index contributed by atoms with van der Waals surface area (Å²) in [4.78, 5) is 11.7. The maximum atomic E-state index is 4.71. The quantitative estimate of drug-likeness (QED) is 0.862. The summed E-state index contributed by atoms with van der Waals surface area (Å²) in [5, 5.41) is 0. The minimum atomic E-state index is 0.530. The summed E-state index contributed by atoms with van der Waals surface area (Å²) in [7, 11) is 0. The molecule has 2 fully saturated rings. The Labute approximate surface area is 138 Å². The van der Waals surface area contributed by atoms with E-state index in [2.05, 4.69) is 39.7 Å². The molecule has 4 heteroatoms. The fraction of sp³-hybridized carbons (Fsp3) is 0.579. The van der Waals surface area contributed by atoms with Crippen LogP contribution in [-0.2, 0) is 6.54 Å². The summed E-state index contributed by atoms with van der Waals surface area (Å²) in [6.45, 7) is 5.40. The second-order valence-corrected chi connectivity index (χ2v) is 7.21. The lowest BCUT2D eigenvalue weighted by atomic mass is 9.85. The Kier molecular flexibility index (Phi) is 4.06. The lowest BCUT2D eigenvalue weighted by molar-refractivity contribution is 0.270. The van der Waals surface area contributed by atoms with E-state index in [1.165, 1.54) is 43.5 Å². The summed E-state index contributed by atoms with van der Waals surface area (Å²) >= 11 is 0. The molecule has 1 saturated heterocycles. The van der Waals surface area contributed by atoms with Gasteiger partial charge in [-0.25, -0.2) is 9.97 Å². The van der Waals surface area contributed by atoms with Crippen LogP contribution in [0.1, 0.15) is 49.4 Å². The van der Waals surface area contributed by atoms with E-state index in [4.69, 9.17) is 4.98 Å². The Bertz CT molecular complexity index is 642. The lowest BCUT2D eigenvalue weighted by Crippen LogP contribution is -2.36. The first kappa shape index (κ1) is 14.7. The van der Waals surface area contributed by atoms with Crippen LogP contribution in [0.3, 0.4) is 0 Å². The SMILES string of the molecule is Cc1ccc(N2CCC[C@H](c3nccn3CC3CCC3)C2)nc1. The third-order valence-electron chi connectivity index (χ3n) is 5.43. The predicted molar refractivity (Wildman–Crippen MR) is 92.7 cm³/mol. The number of imidazole rings is 1. The molecule has 0 aromatic carbocycles. The van der Waals surface area contributed by atoms with Crippen LogP contribution in [0.4, 0.5) is 5.82 Å². The van der Waals surface area contributed by atoms with E-state index in [0.29, 0.717) is 5.92 Å². The normalized spacial score (nSPS) is 22.1. The summed E-state index contributed by atoms with van der Waals surface area (Å²) in [6, 6.07) is 4.31. The molecule has 2 aromatic heterocycles. The van der Waals surface area contributed by atoms with Crippen LogP contribution in [0.2, 0.25) is 0 Å². The van der Waals surface area contributed by atoms with Crippen molar-refractivity contribution < 1.29 is 0 Å². The van der Waals surface area contributed by atoms with Gasteiger partial charge in [0.25, 0.3) is 0 Å². The van der Waals surface area contributed by atoms with Crippen LogP contribution >= 0.6 is 0 Å². The zero-order valence-electron chi connectivity index (χ0n) is 14.0. The summed E-state index contributed by atoms with van der Waals surface area (Å²) in [5.74, 6) is 3.80. The molecule has 4 nitrogen and oxygen atoms in total. The van der Waals surface area contributed by atoms with Gasteiger partial charge < -0.3 is 9.47 Å². The van der Waals surface area contributed by atoms with Gasteiger partial charge in [0.05, 0.1) is 0 Å². The van der Waals surface area contributed by atoms with Crippen molar-refractivity contribution in [2.45, 2.75) is 51.5 Å². The van der Waals surface area contributed by atoms with Gasteiger partial charge in [0.2, 0.25) is 0 Å². The van der Waals surface area contributed by atoms with E-state index in [0.717, 1.165) is 31.4 Å². The molecule has 3 heterocycles. The Balaban J connectivity index is 1.48. The molecule has 0 unspecified atom stereocenters. The second-order valence-electron chi connectivity index (χ2n) is 7.21. The van der Waals surface area contributed by atoms with Crippen LogP contribution in [0.25, 0.3) is 0 Å². The molecule has 4 rings (SSSR count). The molecule has 2 aliphatic rings. The molecule has 0 radical (unpaired) electrons. The Morgan fingerprint density at radius 3 is 2.78 bits per heavy atom. The fourth-order valence-electron chi connectivity index (χ4n) is 3.83. The highest BCUT2D eigenvalue weighted by atomic mass is 15.2. The first-order chi connectivity index (χ1) is 11.3. The van der Waals surface area contributed by atoms with Gasteiger partial charge in [-0.05, 0) is 50.2 Å². The molecule has 0 N–H and O–H groups in total. The highest BCUT2D eigenvalue weighted by Crippen LogP contribution is 2.32. The first-order valence-corrected chi connectivity index (χ1v) is 8.98. The first-order valence-electron chi connectivity index (χ1n) is 8.98. The molecule has 1 saturated carbocycles. The molecule has 23 heavy (non-hydrogen) atoms. The van der Waals surface area contributed by atoms with E-state index in [-0.39, 0.29) is 0 Å². The molecule has 2 aromatic rings. The highest BCUT2D eigenvalue weighted by molar-refractivity contribution is 5.40. The maximum absolute atomic E-state index is 4.71. The number of nitrogens with zero attached hydrogens (tertiary/aromatic N) is 4. The van der Waals surface area contributed by atoms with Crippen LogP contribution in [0.5, 0.6) is 0 Å². The average molecular weight is 310 g/mol. The predicted octanol–water partition coefficient (Wildman–Crippen LogP) is 3.77. The van der Waals surface area contributed by atoms with Crippen molar-refractivity contribution in [2.24, 2.45) is 5.92 Å². The van der Waals surface area contributed by atoms with Gasteiger partial charge in [-0.1, -0.05) is 12.5 Å². The van der Waals surface area contributed by atoms with E-state index >= 15 is 0 Å². The van der Waals surface area contributed by atoms with Crippen LogP contribution in [-0.4, -0.2) is 27.6 Å². The lowest BCUT2D eigenvalue weighted by Gasteiger charge is -2.34. The van der Waals surface area contributed by atoms with Crippen molar-refractivity contribution in [3.63, 3.8) is 0 Å². The number of hydrogen-bond donors (Lipinski definition) is 0. The zero-order valence-corrected chi connectivity index (χ0v) is 14.0. The van der Waals surface area contributed by atoms with Crippen molar-refractivity contribution in [1.29, 1.82) is 0 Å². The molecule has 0 spiro atoms. The van der Waals surface area contributed by atoms with Gasteiger partial charge in [-0.3, -0.25) is 0 Å². The molecular formula is C19H26N4. The molecule has 0 amide bonds. The van der Waals surface area contributed by atoms with E-state index in [9.17, 15) is 0 Å². The molecule has 1 aliphatic carbocycles. The van der Waals surface area contributed by atoms with Crippen LogP contribution < -0.4 is 4.90 Å². The standard InChI is InChI=1S/C19H26N4/c1-15-7-8-18(21-12-15)22-10-3-6-17(14-22)19-20-9-11-23(19)13-16-4-2-5-16/h7-9,11-12,16-17H,2-6,10,13-14H2,1H3/t17-/m0/s1. The second kappa shape index (κ2) is 6.34. The highest BCUT2D eigenvalue weighted by Gasteiger charge is 2.27. The topological polar surface area (TPSA) is 34.0 Å². The third-order valence-corrected chi connectivity index (χ3v) is 5.43. The van der Waals surface area contributed by atoms with Gasteiger partial charge >= 0.3 is 0 Å². The Morgan fingerprint density at radius 2 is 2.04 bits per heavy atom. The summed E-state index contributed by atoms with van der Waals surface area (Å²) in [6.07, 6.45) is 12.8. The monoisotopic (exact) mass is 310 g/mol. The number of hydrogen-bond acceptors (Lipinski definition) is 3. The maximum Gasteiger partial charge on any atom is 0.128 e. The summed E-state index contributed by atoms with van der Waals surface area (Å²) in [5.41, 5.74) is 1.22. The molecule has 122 valence electrons. The van der Waals surface area contributed by atoms with E-state index in [1.54, 1.807) is 0 Å². The van der Waals surface area contributed by atoms with Gasteiger partial charge in [-0.2, -0.15) is 0 Å². The molecule has 1 atom stereocenters. The fourth-order valence-corrected chi connectivity index (χ4v) is 3.83. The van der Waals surface area contributed by atoms with Crippen LogP contribution in [0.15, 0.2) is 30.7 Å². The van der Waals surface area contributed by atoms with Crippen molar-refractivity contribution in [3.8, 4) is 0 Å². The van der Waals surface area contributed by atoms with Gasteiger partial charge in [0.15, 0.2) is 0 Å². The van der Waals surface area contributed by atoms with Crippen molar-refractivity contribution in [1.82, 2.24) is 14.5 Å². The zero-order chi connectivity index (χ0) is 15.6. The minimum absolute atomic E-state index is 0.530. The number of piperidine rings is 1. The number of rotatable bonds is 4. The van der Waals surface area contributed by atoms with E-state index in [1.807, 2.05) is 12.4 Å². The average Bonchev–Trinajstić information content (AvgIpc) is 3.00. The number of pyridine rings is 1. The van der Waals surface area contributed by atoms with Gasteiger partial charge in [0.1, 0.15) is 11.6 Å². The molecular weight excluding hydrogens is 284 g/mol. The largest absolute Gasteiger partial charge is 0.356 e. The van der Waals surface area contributed by atoms with Gasteiger partial charge in [0, 0.05) is 44.1 Å². The van der Waals surface area contributed by atoms with Gasteiger partial charge in [-0.15, -0.1) is 0 Å². The van der Waals surface area contributed by atoms with Crippen molar-refractivity contribution in [2.75, 3.05) is 18.0 Å². The number of aryl methyl sites for hydroxylation is 1. The number of aromatic nitrogens is 3. The van der Waals surface area contributed by atoms with E-state index < -0.39 is 0 Å². The number of anilines is 1. The smallest absolute Gasteiger partial charge is 0.128 e. The third kappa shape index (κ3) is 3.12. The summed E-state index contributed by atoms with van der Waals surface area (Å²) < 4.78 is 2.42. The molecule has 1 aliphatic heterocycles. The van der Waals surface area contributed by atoms with Crippen molar-refractivity contribution in [3.05, 3.63) is 42.1 Å². The van der Waals surface area contributed by atoms with Crippen molar-refractivity contribution >= 4 is 5.82 Å². The Morgan fingerprint density at radius 1 is 1.13 bits per heavy atom.